The Morgan fingerprint density at radius 1 is 1.00 bits per heavy atom. The summed E-state index contributed by atoms with van der Waals surface area (Å²) in [5.41, 5.74) is 0.526. The summed E-state index contributed by atoms with van der Waals surface area (Å²) in [6, 6.07) is 11.5. The van der Waals surface area contributed by atoms with Crippen LogP contribution in [0.25, 0.3) is 17.3 Å². The van der Waals surface area contributed by atoms with Crippen LogP contribution >= 0.6 is 24.0 Å². The van der Waals surface area contributed by atoms with Crippen molar-refractivity contribution in [2.24, 2.45) is 0 Å². The molecule has 0 saturated carbocycles. The second-order valence-electron chi connectivity index (χ2n) is 8.42. The van der Waals surface area contributed by atoms with Gasteiger partial charge in [0, 0.05) is 12.1 Å². The molecule has 1 saturated heterocycles. The average molecular weight is 598 g/mol. The molecule has 4 rings (SSSR count). The van der Waals surface area contributed by atoms with Gasteiger partial charge in [0.05, 0.1) is 33.0 Å². The molecule has 0 bridgehead atoms. The Bertz CT molecular complexity index is 1470. The summed E-state index contributed by atoms with van der Waals surface area (Å²) in [7, 11) is 0. The lowest BCUT2D eigenvalue weighted by Gasteiger charge is -2.15. The van der Waals surface area contributed by atoms with Crippen molar-refractivity contribution >= 4 is 46.3 Å². The fourth-order valence-electron chi connectivity index (χ4n) is 3.66. The molecule has 1 aliphatic rings. The van der Waals surface area contributed by atoms with Crippen LogP contribution in [-0.2, 0) is 23.6 Å². The standard InChI is InChI=1S/C26H17F6N3O3S2/c27-25(28,29)17-10-16(11-18(12-17)26(30,31)32)20-3-1-2-19(34-20)13-21-22(36)35(24(39)40-21)33-9-8-14-4-6-15(7-5-14)23(37)38/h1-7,10-13,33H,8-9H2,(H,37,38)/b21-13-. The number of nitrogens with zero attached hydrogens (tertiary/aromatic N) is 2. The lowest BCUT2D eigenvalue weighted by Crippen LogP contribution is -2.42. The minimum atomic E-state index is -5.00. The molecule has 0 unspecified atom stereocenters. The molecule has 3 aromatic rings. The maximum absolute atomic E-state index is 13.3. The summed E-state index contributed by atoms with van der Waals surface area (Å²) in [6.45, 7) is 0.289. The van der Waals surface area contributed by atoms with E-state index in [2.05, 4.69) is 10.4 Å². The number of carboxylic acids is 1. The Morgan fingerprint density at radius 3 is 2.20 bits per heavy atom. The molecule has 1 fully saturated rings. The number of aromatic carboxylic acids is 1. The highest BCUT2D eigenvalue weighted by Crippen LogP contribution is 2.38. The number of aromatic nitrogens is 1. The van der Waals surface area contributed by atoms with Crippen molar-refractivity contribution in [2.75, 3.05) is 6.54 Å². The van der Waals surface area contributed by atoms with Gasteiger partial charge in [-0.3, -0.25) is 4.79 Å². The smallest absolute Gasteiger partial charge is 0.416 e. The van der Waals surface area contributed by atoms with Gasteiger partial charge in [0.25, 0.3) is 5.91 Å². The number of amides is 1. The number of hydrogen-bond donors (Lipinski definition) is 2. The zero-order valence-electron chi connectivity index (χ0n) is 20.0. The van der Waals surface area contributed by atoms with E-state index in [9.17, 15) is 35.9 Å². The number of hydrogen-bond acceptors (Lipinski definition) is 6. The van der Waals surface area contributed by atoms with E-state index in [1.165, 1.54) is 36.4 Å². The van der Waals surface area contributed by atoms with Crippen molar-refractivity contribution < 1.29 is 41.0 Å². The van der Waals surface area contributed by atoms with Gasteiger partial charge in [0.2, 0.25) is 0 Å². The number of carboxylic acid groups (broad SMARTS) is 1. The van der Waals surface area contributed by atoms with E-state index < -0.39 is 35.4 Å². The van der Waals surface area contributed by atoms with Crippen LogP contribution in [0.4, 0.5) is 26.3 Å². The molecule has 2 heterocycles. The SMILES string of the molecule is O=C(O)c1ccc(CCNN2C(=O)/C(=C/c3cccc(-c4cc(C(F)(F)F)cc(C(F)(F)F)c4)n3)SC2=S)cc1. The van der Waals surface area contributed by atoms with Crippen LogP contribution in [0.2, 0.25) is 0 Å². The largest absolute Gasteiger partial charge is 0.478 e. The Labute approximate surface area is 232 Å². The first kappa shape index (κ1) is 29.2. The second-order valence-corrected chi connectivity index (χ2v) is 10.1. The number of thioether (sulfide) groups is 1. The molecule has 2 N–H and O–H groups in total. The zero-order chi connectivity index (χ0) is 29.2. The molecule has 1 aliphatic heterocycles. The number of pyridine rings is 1. The molecule has 2 aromatic carbocycles. The van der Waals surface area contributed by atoms with Gasteiger partial charge < -0.3 is 5.11 Å². The van der Waals surface area contributed by atoms with Crippen molar-refractivity contribution in [3.05, 3.63) is 93.5 Å². The van der Waals surface area contributed by atoms with Gasteiger partial charge in [0.15, 0.2) is 4.32 Å². The number of carbonyl (C=O) groups is 2. The zero-order valence-corrected chi connectivity index (χ0v) is 21.6. The van der Waals surface area contributed by atoms with Gasteiger partial charge >= 0.3 is 18.3 Å². The molecule has 14 heteroatoms. The Morgan fingerprint density at radius 2 is 1.62 bits per heavy atom. The van der Waals surface area contributed by atoms with Crippen molar-refractivity contribution in [3.63, 3.8) is 0 Å². The number of nitrogens with one attached hydrogen (secondary N) is 1. The van der Waals surface area contributed by atoms with Crippen LogP contribution in [0, 0.1) is 0 Å². The topological polar surface area (TPSA) is 82.5 Å². The fraction of sp³-hybridized carbons (Fsp3) is 0.154. The first-order valence-corrected chi connectivity index (χ1v) is 12.6. The molecule has 1 aromatic heterocycles. The van der Waals surface area contributed by atoms with Crippen LogP contribution in [0.15, 0.2) is 65.6 Å². The fourth-order valence-corrected chi connectivity index (χ4v) is 4.86. The molecule has 1 amide bonds. The number of thiocarbonyl (C=S) groups is 1. The van der Waals surface area contributed by atoms with Crippen LogP contribution in [0.5, 0.6) is 0 Å². The molecule has 0 aliphatic carbocycles. The second kappa shape index (κ2) is 11.4. The van der Waals surface area contributed by atoms with E-state index in [1.54, 1.807) is 12.1 Å². The molecule has 40 heavy (non-hydrogen) atoms. The predicted molar refractivity (Wildman–Crippen MR) is 140 cm³/mol. The van der Waals surface area contributed by atoms with E-state index in [-0.39, 0.29) is 44.4 Å². The van der Waals surface area contributed by atoms with E-state index in [0.717, 1.165) is 22.3 Å². The molecular weight excluding hydrogens is 580 g/mol. The highest BCUT2D eigenvalue weighted by atomic mass is 32.2. The Kier molecular flexibility index (Phi) is 8.33. The van der Waals surface area contributed by atoms with Gasteiger partial charge in [-0.05, 0) is 60.5 Å². The average Bonchev–Trinajstić information content (AvgIpc) is 3.15. The highest BCUT2D eigenvalue weighted by molar-refractivity contribution is 8.26. The van der Waals surface area contributed by atoms with Crippen molar-refractivity contribution in [2.45, 2.75) is 18.8 Å². The van der Waals surface area contributed by atoms with Crippen LogP contribution < -0.4 is 5.43 Å². The lowest BCUT2D eigenvalue weighted by atomic mass is 10.0. The number of carbonyl (C=O) groups excluding carboxylic acids is 1. The van der Waals surface area contributed by atoms with Gasteiger partial charge in [-0.25, -0.2) is 20.2 Å². The lowest BCUT2D eigenvalue weighted by molar-refractivity contribution is -0.143. The summed E-state index contributed by atoms with van der Waals surface area (Å²) < 4.78 is 79.8. The van der Waals surface area contributed by atoms with E-state index >= 15 is 0 Å². The van der Waals surface area contributed by atoms with Crippen molar-refractivity contribution in [3.8, 4) is 11.3 Å². The summed E-state index contributed by atoms with van der Waals surface area (Å²) >= 11 is 6.20. The minimum Gasteiger partial charge on any atom is -0.478 e. The highest BCUT2D eigenvalue weighted by Gasteiger charge is 2.37. The molecular formula is C26H17F6N3O3S2. The third kappa shape index (κ3) is 6.87. The first-order valence-electron chi connectivity index (χ1n) is 11.3. The maximum Gasteiger partial charge on any atom is 0.416 e. The Balaban J connectivity index is 1.51. The van der Waals surface area contributed by atoms with E-state index in [1.807, 2.05) is 0 Å². The van der Waals surface area contributed by atoms with Crippen molar-refractivity contribution in [1.82, 2.24) is 15.4 Å². The minimum absolute atomic E-state index is 0.0385. The third-order valence-corrected chi connectivity index (χ3v) is 6.91. The summed E-state index contributed by atoms with van der Waals surface area (Å²) in [4.78, 5) is 28.2. The predicted octanol–water partition coefficient (Wildman–Crippen LogP) is 6.43. The number of alkyl halides is 6. The van der Waals surface area contributed by atoms with Crippen molar-refractivity contribution in [1.29, 1.82) is 0 Å². The van der Waals surface area contributed by atoms with E-state index in [0.29, 0.717) is 18.6 Å². The van der Waals surface area contributed by atoms with Gasteiger partial charge in [-0.2, -0.15) is 26.3 Å². The molecule has 208 valence electrons. The summed E-state index contributed by atoms with van der Waals surface area (Å²) in [6.07, 6.45) is -8.21. The number of hydrazine groups is 1. The van der Waals surface area contributed by atoms with Gasteiger partial charge in [-0.15, -0.1) is 0 Å². The first-order chi connectivity index (χ1) is 18.7. The van der Waals surface area contributed by atoms with Crippen LogP contribution in [-0.4, -0.2) is 37.8 Å². The quantitative estimate of drug-likeness (QED) is 0.185. The summed E-state index contributed by atoms with van der Waals surface area (Å²) in [5.74, 6) is -1.56. The van der Waals surface area contributed by atoms with Gasteiger partial charge in [-0.1, -0.05) is 42.2 Å². The maximum atomic E-state index is 13.3. The number of benzene rings is 2. The molecule has 0 atom stereocenters. The van der Waals surface area contributed by atoms with Crippen LogP contribution in [0.1, 0.15) is 32.7 Å². The summed E-state index contributed by atoms with van der Waals surface area (Å²) in [5, 5.41) is 10.1. The molecule has 0 radical (unpaired) electrons. The monoisotopic (exact) mass is 597 g/mol. The normalized spacial score (nSPS) is 15.2. The van der Waals surface area contributed by atoms with E-state index in [4.69, 9.17) is 17.3 Å². The van der Waals surface area contributed by atoms with Gasteiger partial charge in [0.1, 0.15) is 0 Å². The third-order valence-electron chi connectivity index (χ3n) is 5.61. The van der Waals surface area contributed by atoms with Crippen LogP contribution in [0.3, 0.4) is 0 Å². The Hall–Kier alpha value is -3.75. The number of halogens is 6. The molecule has 6 nitrogen and oxygen atoms in total. The molecule has 0 spiro atoms. The number of rotatable bonds is 7.